The Labute approximate surface area is 287 Å². The highest BCUT2D eigenvalue weighted by Gasteiger charge is 2.62. The first-order chi connectivity index (χ1) is 22.3. The van der Waals surface area contributed by atoms with Gasteiger partial charge in [-0.15, -0.1) is 0 Å². The minimum absolute atomic E-state index is 0.00810. The summed E-state index contributed by atoms with van der Waals surface area (Å²) in [6.07, 6.45) is 19.5. The van der Waals surface area contributed by atoms with Crippen LogP contribution in [0.5, 0.6) is 0 Å². The number of fused-ring (bicyclic) bond motifs is 10. The molecule has 8 saturated carbocycles. The fourth-order valence-electron chi connectivity index (χ4n) is 15.5. The third-order valence-corrected chi connectivity index (χ3v) is 18.6. The van der Waals surface area contributed by atoms with Crippen LogP contribution in [0.1, 0.15) is 137 Å². The van der Waals surface area contributed by atoms with Crippen molar-refractivity contribution in [1.82, 2.24) is 0 Å². The molecule has 47 heavy (non-hydrogen) atoms. The predicted molar refractivity (Wildman–Crippen MR) is 186 cm³/mol. The zero-order chi connectivity index (χ0) is 33.5. The second kappa shape index (κ2) is 12.5. The quantitative estimate of drug-likeness (QED) is 0.312. The van der Waals surface area contributed by atoms with E-state index < -0.39 is 0 Å². The van der Waals surface area contributed by atoms with Gasteiger partial charge in [0.1, 0.15) is 0 Å². The summed E-state index contributed by atoms with van der Waals surface area (Å²) >= 11 is 0. The molecule has 0 bridgehead atoms. The molecule has 0 aliphatic heterocycles. The van der Waals surface area contributed by atoms with Gasteiger partial charge in [0.2, 0.25) is 0 Å². The third-order valence-electron chi connectivity index (χ3n) is 18.6. The Bertz CT molecular complexity index is 1190. The average molecular weight is 652 g/mol. The van der Waals surface area contributed by atoms with Crippen molar-refractivity contribution >= 4 is 0 Å². The summed E-state index contributed by atoms with van der Waals surface area (Å²) in [5, 5.41) is 30.4. The number of nitriles is 1. The van der Waals surface area contributed by atoms with Gasteiger partial charge in [0, 0.05) is 14.2 Å². The molecule has 0 amide bonds. The largest absolute Gasteiger partial charge is 0.390 e. The Morgan fingerprint density at radius 2 is 1.02 bits per heavy atom. The van der Waals surface area contributed by atoms with Crippen molar-refractivity contribution in [3.05, 3.63) is 0 Å². The van der Waals surface area contributed by atoms with Gasteiger partial charge in [0.25, 0.3) is 0 Å². The molecule has 0 aromatic heterocycles. The summed E-state index contributed by atoms with van der Waals surface area (Å²) in [6.45, 7) is 12.6. The number of aliphatic hydroxyl groups excluding tert-OH is 2. The van der Waals surface area contributed by atoms with E-state index in [-0.39, 0.29) is 35.7 Å². The average Bonchev–Trinajstić information content (AvgIpc) is 3.56. The second-order valence-electron chi connectivity index (χ2n) is 19.7. The van der Waals surface area contributed by atoms with Gasteiger partial charge in [-0.3, -0.25) is 0 Å². The third kappa shape index (κ3) is 5.25. The minimum Gasteiger partial charge on any atom is -0.390 e. The second-order valence-corrected chi connectivity index (χ2v) is 19.7. The smallest absolute Gasteiger partial charge is 0.0835 e. The zero-order valence-electron chi connectivity index (χ0n) is 31.1. The maximum absolute atomic E-state index is 10.4. The normalized spacial score (nSPS) is 57.9. The van der Waals surface area contributed by atoms with Gasteiger partial charge in [-0.1, -0.05) is 34.6 Å². The van der Waals surface area contributed by atoms with Crippen molar-refractivity contribution in [3.8, 4) is 6.07 Å². The predicted octanol–water partition coefficient (Wildman–Crippen LogP) is 8.81. The molecular formula is C42H69NO4. The molecule has 266 valence electrons. The van der Waals surface area contributed by atoms with Crippen molar-refractivity contribution in [2.24, 2.45) is 80.8 Å². The number of hydrogen-bond donors (Lipinski definition) is 2. The minimum atomic E-state index is -0.284. The van der Waals surface area contributed by atoms with Crippen molar-refractivity contribution in [3.63, 3.8) is 0 Å². The highest BCUT2D eigenvalue weighted by atomic mass is 16.5. The molecule has 2 N–H and O–H groups in total. The van der Waals surface area contributed by atoms with Crippen LogP contribution in [-0.4, -0.2) is 48.8 Å². The van der Waals surface area contributed by atoms with Gasteiger partial charge in [-0.05, 0) is 178 Å². The van der Waals surface area contributed by atoms with Gasteiger partial charge in [-0.25, -0.2) is 0 Å². The molecular weight excluding hydrogens is 582 g/mol. The van der Waals surface area contributed by atoms with Crippen LogP contribution in [-0.2, 0) is 9.47 Å². The first-order valence-electron chi connectivity index (χ1n) is 20.1. The summed E-state index contributed by atoms with van der Waals surface area (Å²) in [6, 6.07) is 2.63. The van der Waals surface area contributed by atoms with E-state index >= 15 is 0 Å². The summed E-state index contributed by atoms with van der Waals surface area (Å²) in [5.74, 6) is 7.61. The number of aliphatic hydroxyl groups is 2. The maximum Gasteiger partial charge on any atom is 0.0835 e. The van der Waals surface area contributed by atoms with E-state index in [1.54, 1.807) is 14.2 Å². The van der Waals surface area contributed by atoms with Gasteiger partial charge in [-0.2, -0.15) is 5.26 Å². The molecule has 18 atom stereocenters. The lowest BCUT2D eigenvalue weighted by atomic mass is 9.44. The van der Waals surface area contributed by atoms with E-state index in [0.29, 0.717) is 28.1 Å². The van der Waals surface area contributed by atoms with Crippen LogP contribution in [0.4, 0.5) is 0 Å². The van der Waals surface area contributed by atoms with Crippen molar-refractivity contribution < 1.29 is 19.7 Å². The van der Waals surface area contributed by atoms with Crippen LogP contribution < -0.4 is 0 Å². The summed E-state index contributed by atoms with van der Waals surface area (Å²) < 4.78 is 11.3. The highest BCUT2D eigenvalue weighted by molar-refractivity contribution is 5.14. The molecule has 0 heterocycles. The van der Waals surface area contributed by atoms with Crippen LogP contribution in [0.15, 0.2) is 0 Å². The number of ether oxygens (including phenoxy) is 2. The topological polar surface area (TPSA) is 82.7 Å². The Balaban J connectivity index is 0.000000150. The van der Waals surface area contributed by atoms with E-state index in [1.165, 1.54) is 70.6 Å². The molecule has 5 heteroatoms. The molecule has 0 aromatic carbocycles. The molecule has 5 nitrogen and oxygen atoms in total. The fourth-order valence-corrected chi connectivity index (χ4v) is 15.5. The van der Waals surface area contributed by atoms with Gasteiger partial charge >= 0.3 is 0 Å². The van der Waals surface area contributed by atoms with Crippen LogP contribution in [0.2, 0.25) is 0 Å². The molecule has 0 spiro atoms. The molecule has 8 rings (SSSR count). The van der Waals surface area contributed by atoms with E-state index in [0.717, 1.165) is 73.5 Å². The SMILES string of the molecule is CO[C@@H]1C[C@@]2(C)[C@@H](CC[C@@H]3[C@@H]2CC[C@]2(C)[C@@H](C)CC[C@@H]32)C[C@@H]1O.CO[C@H]1C[C@@]2(C)[C@@H](CC[C@@H]3[C@@H]2CC[C@]2(C)[C@@H](C#N)CC[C@@H]32)C[C@@H]1O. The number of nitrogens with zero attached hydrogens (tertiary/aromatic N) is 1. The first kappa shape index (κ1) is 34.8. The molecule has 0 aromatic rings. The summed E-state index contributed by atoms with van der Waals surface area (Å²) in [4.78, 5) is 0. The maximum atomic E-state index is 10.4. The summed E-state index contributed by atoms with van der Waals surface area (Å²) in [7, 11) is 3.54. The van der Waals surface area contributed by atoms with Crippen LogP contribution >= 0.6 is 0 Å². The number of hydrogen-bond acceptors (Lipinski definition) is 5. The lowest BCUT2D eigenvalue weighted by Crippen LogP contribution is -2.56. The molecule has 0 radical (unpaired) electrons. The molecule has 8 aliphatic carbocycles. The zero-order valence-corrected chi connectivity index (χ0v) is 31.1. The molecule has 8 aliphatic rings. The van der Waals surface area contributed by atoms with Gasteiger partial charge in [0.05, 0.1) is 36.4 Å². The Hall–Kier alpha value is -0.670. The van der Waals surface area contributed by atoms with Gasteiger partial charge < -0.3 is 19.7 Å². The lowest BCUT2D eigenvalue weighted by Gasteiger charge is -2.61. The molecule has 0 unspecified atom stereocenters. The number of methoxy groups -OCH3 is 2. The standard InChI is InChI=1S/C21H33NO2.C21H36O2/c1-20-9-8-17-15(16(20)7-5-14(20)12-22)6-4-13-10-18(23)19(24-3)11-21(13,17)2;1-13-5-8-16-15-7-6-14-11-18(22)19(23-4)12-21(14,3)17(15)9-10-20(13,16)2/h13-19,23H,4-11H2,1-3H3;13-19,22H,5-12H2,1-4H3/t13-,14+,15-,16-,17-,18-,19-,20+,21-;13-,14-,15-,16-,17-,18-,19+,20+,21-/m00/s1. The van der Waals surface area contributed by atoms with E-state index in [9.17, 15) is 15.5 Å². The van der Waals surface area contributed by atoms with E-state index in [2.05, 4.69) is 40.7 Å². The van der Waals surface area contributed by atoms with Crippen molar-refractivity contribution in [2.45, 2.75) is 162 Å². The Morgan fingerprint density at radius 3 is 1.51 bits per heavy atom. The fraction of sp³-hybridized carbons (Fsp3) is 0.976. The van der Waals surface area contributed by atoms with Crippen LogP contribution in [0, 0.1) is 92.2 Å². The van der Waals surface area contributed by atoms with Crippen LogP contribution in [0.25, 0.3) is 0 Å². The highest BCUT2D eigenvalue weighted by Crippen LogP contribution is 2.69. The molecule has 8 fully saturated rings. The van der Waals surface area contributed by atoms with E-state index in [1.807, 2.05) is 0 Å². The summed E-state index contributed by atoms with van der Waals surface area (Å²) in [5.41, 5.74) is 1.58. The molecule has 0 saturated heterocycles. The Kier molecular flexibility index (Phi) is 9.27. The monoisotopic (exact) mass is 652 g/mol. The van der Waals surface area contributed by atoms with Crippen molar-refractivity contribution in [1.29, 1.82) is 5.26 Å². The van der Waals surface area contributed by atoms with Crippen molar-refractivity contribution in [2.75, 3.05) is 14.2 Å². The van der Waals surface area contributed by atoms with Gasteiger partial charge in [0.15, 0.2) is 0 Å². The lowest BCUT2D eigenvalue weighted by molar-refractivity contribution is -0.165. The Morgan fingerprint density at radius 1 is 0.574 bits per heavy atom. The first-order valence-corrected chi connectivity index (χ1v) is 20.1. The van der Waals surface area contributed by atoms with E-state index in [4.69, 9.17) is 9.47 Å². The number of rotatable bonds is 2. The van der Waals surface area contributed by atoms with Crippen LogP contribution in [0.3, 0.4) is 0 Å².